The van der Waals surface area contributed by atoms with Gasteiger partial charge in [0.15, 0.2) is 0 Å². The molecule has 212 valence electrons. The first-order valence-corrected chi connectivity index (χ1v) is 14.6. The van der Waals surface area contributed by atoms with Gasteiger partial charge in [-0.25, -0.2) is 4.39 Å². The molecule has 0 aliphatic heterocycles. The van der Waals surface area contributed by atoms with Gasteiger partial charge in [0, 0.05) is 11.0 Å². The monoisotopic (exact) mass is 544 g/mol. The SMILES string of the molecule is COc1ccc(F)c(-c2ccc(COc3cccc(C4(CC(=O)O)CCCCC4)c3)cc2[C@@H]2CCCC2(C)C)c1. The molecule has 0 saturated heterocycles. The summed E-state index contributed by atoms with van der Waals surface area (Å²) in [5.41, 5.74) is 4.52. The third kappa shape index (κ3) is 5.89. The minimum Gasteiger partial charge on any atom is -0.497 e. The predicted octanol–water partition coefficient (Wildman–Crippen LogP) is 9.05. The number of benzene rings is 3. The van der Waals surface area contributed by atoms with E-state index in [1.807, 2.05) is 30.3 Å². The third-order valence-corrected chi connectivity index (χ3v) is 9.36. The zero-order valence-corrected chi connectivity index (χ0v) is 24.0. The molecule has 2 aliphatic carbocycles. The molecule has 3 aromatic carbocycles. The van der Waals surface area contributed by atoms with Gasteiger partial charge in [-0.3, -0.25) is 4.79 Å². The fourth-order valence-electron chi connectivity index (χ4n) is 7.14. The molecule has 1 atom stereocenters. The normalized spacial score (nSPS) is 19.8. The van der Waals surface area contributed by atoms with Gasteiger partial charge in [0.25, 0.3) is 0 Å². The van der Waals surface area contributed by atoms with Crippen LogP contribution >= 0.6 is 0 Å². The maximum absolute atomic E-state index is 15.1. The molecule has 0 radical (unpaired) electrons. The van der Waals surface area contributed by atoms with Crippen LogP contribution in [0.25, 0.3) is 11.1 Å². The van der Waals surface area contributed by atoms with Crippen LogP contribution in [0, 0.1) is 11.2 Å². The Hall–Kier alpha value is -3.34. The number of carbonyl (C=O) groups is 1. The van der Waals surface area contributed by atoms with Gasteiger partial charge in [0.2, 0.25) is 0 Å². The fraction of sp³-hybridized carbons (Fsp3) is 0.457. The van der Waals surface area contributed by atoms with Crippen LogP contribution in [-0.4, -0.2) is 18.2 Å². The molecule has 2 aliphatic rings. The molecule has 4 nitrogen and oxygen atoms in total. The Balaban J connectivity index is 1.44. The molecule has 3 aromatic rings. The number of hydrogen-bond acceptors (Lipinski definition) is 3. The van der Waals surface area contributed by atoms with E-state index in [-0.39, 0.29) is 23.1 Å². The first-order chi connectivity index (χ1) is 19.2. The molecule has 1 N–H and O–H groups in total. The van der Waals surface area contributed by atoms with E-state index in [9.17, 15) is 9.90 Å². The lowest BCUT2D eigenvalue weighted by Gasteiger charge is -2.37. The minimum atomic E-state index is -0.747. The van der Waals surface area contributed by atoms with Crippen LogP contribution in [0.5, 0.6) is 11.5 Å². The maximum Gasteiger partial charge on any atom is 0.304 e. The highest BCUT2D eigenvalue weighted by Crippen LogP contribution is 2.51. The standard InChI is InChI=1S/C35H41FO4/c1-34(2)16-8-11-31(34)29-19-24(12-14-28(29)30-21-26(39-3)13-15-32(30)36)23-40-27-10-7-9-25(20-27)35(22-33(37)38)17-5-4-6-18-35/h7,9-10,12-15,19-21,31H,4-6,8,11,16-18,22-23H2,1-3H3,(H,37,38)/t31-/m0/s1. The van der Waals surface area contributed by atoms with Gasteiger partial charge in [-0.1, -0.05) is 69.9 Å². The first kappa shape index (κ1) is 28.2. The molecular weight excluding hydrogens is 503 g/mol. The van der Waals surface area contributed by atoms with E-state index in [1.54, 1.807) is 19.2 Å². The van der Waals surface area contributed by atoms with Crippen LogP contribution < -0.4 is 9.47 Å². The zero-order chi connectivity index (χ0) is 28.3. The van der Waals surface area contributed by atoms with Crippen molar-refractivity contribution in [3.05, 3.63) is 83.2 Å². The molecule has 2 fully saturated rings. The Labute approximate surface area is 237 Å². The lowest BCUT2D eigenvalue weighted by molar-refractivity contribution is -0.138. The molecule has 0 unspecified atom stereocenters. The summed E-state index contributed by atoms with van der Waals surface area (Å²) >= 11 is 0. The van der Waals surface area contributed by atoms with Crippen LogP contribution in [0.15, 0.2) is 60.7 Å². The summed E-state index contributed by atoms with van der Waals surface area (Å²) in [4.78, 5) is 11.8. The number of ether oxygens (including phenoxy) is 2. The predicted molar refractivity (Wildman–Crippen MR) is 157 cm³/mol. The Morgan fingerprint density at radius 1 is 0.925 bits per heavy atom. The summed E-state index contributed by atoms with van der Waals surface area (Å²) in [6.45, 7) is 5.00. The molecule has 0 aromatic heterocycles. The molecular formula is C35H41FO4. The molecule has 0 heterocycles. The summed E-state index contributed by atoms with van der Waals surface area (Å²) in [6.07, 6.45) is 8.58. The summed E-state index contributed by atoms with van der Waals surface area (Å²) in [7, 11) is 1.60. The number of hydrogen-bond donors (Lipinski definition) is 1. The van der Waals surface area contributed by atoms with Crippen LogP contribution in [0.4, 0.5) is 4.39 Å². The van der Waals surface area contributed by atoms with Crippen molar-refractivity contribution in [2.45, 2.75) is 89.6 Å². The van der Waals surface area contributed by atoms with E-state index >= 15 is 4.39 Å². The van der Waals surface area contributed by atoms with Gasteiger partial charge in [-0.15, -0.1) is 0 Å². The fourth-order valence-corrected chi connectivity index (χ4v) is 7.14. The quantitative estimate of drug-likeness (QED) is 0.292. The third-order valence-electron chi connectivity index (χ3n) is 9.36. The second-order valence-corrected chi connectivity index (χ2v) is 12.4. The van der Waals surface area contributed by atoms with Crippen molar-refractivity contribution < 1.29 is 23.8 Å². The van der Waals surface area contributed by atoms with Crippen molar-refractivity contribution in [3.8, 4) is 22.6 Å². The highest BCUT2D eigenvalue weighted by atomic mass is 19.1. The van der Waals surface area contributed by atoms with E-state index in [0.717, 1.165) is 79.4 Å². The number of aliphatic carboxylic acids is 1. The summed E-state index contributed by atoms with van der Waals surface area (Å²) < 4.78 is 26.8. The molecule has 0 amide bonds. The number of carboxylic acids is 1. The summed E-state index contributed by atoms with van der Waals surface area (Å²) in [5.74, 6) is 0.704. The van der Waals surface area contributed by atoms with Gasteiger partial charge < -0.3 is 14.6 Å². The second kappa shape index (κ2) is 11.6. The average Bonchev–Trinajstić information content (AvgIpc) is 3.31. The smallest absolute Gasteiger partial charge is 0.304 e. The zero-order valence-electron chi connectivity index (χ0n) is 24.0. The van der Waals surface area contributed by atoms with E-state index in [2.05, 4.69) is 26.0 Å². The van der Waals surface area contributed by atoms with Gasteiger partial charge in [0.1, 0.15) is 23.9 Å². The molecule has 2 saturated carbocycles. The number of carboxylic acid groups (broad SMARTS) is 1. The van der Waals surface area contributed by atoms with Gasteiger partial charge in [-0.2, -0.15) is 0 Å². The number of rotatable bonds is 9. The van der Waals surface area contributed by atoms with E-state index in [0.29, 0.717) is 23.8 Å². The Morgan fingerprint density at radius 3 is 2.42 bits per heavy atom. The first-order valence-electron chi connectivity index (χ1n) is 14.6. The van der Waals surface area contributed by atoms with Crippen molar-refractivity contribution in [1.82, 2.24) is 0 Å². The Bertz CT molecular complexity index is 1360. The Morgan fingerprint density at radius 2 is 1.73 bits per heavy atom. The van der Waals surface area contributed by atoms with Crippen LogP contribution in [0.3, 0.4) is 0 Å². The van der Waals surface area contributed by atoms with Crippen LogP contribution in [-0.2, 0) is 16.8 Å². The average molecular weight is 545 g/mol. The van der Waals surface area contributed by atoms with Crippen LogP contribution in [0.1, 0.15) is 94.2 Å². The topological polar surface area (TPSA) is 55.8 Å². The summed E-state index contributed by atoms with van der Waals surface area (Å²) in [6, 6.07) is 19.2. The van der Waals surface area contributed by atoms with E-state index in [1.165, 1.54) is 6.07 Å². The molecule has 0 bridgehead atoms. The van der Waals surface area contributed by atoms with Gasteiger partial charge in [-0.05, 0) is 89.6 Å². The van der Waals surface area contributed by atoms with E-state index in [4.69, 9.17) is 9.47 Å². The van der Waals surface area contributed by atoms with E-state index < -0.39 is 5.97 Å². The van der Waals surface area contributed by atoms with Crippen molar-refractivity contribution in [3.63, 3.8) is 0 Å². The van der Waals surface area contributed by atoms with Gasteiger partial charge >= 0.3 is 5.97 Å². The van der Waals surface area contributed by atoms with Crippen molar-refractivity contribution in [2.75, 3.05) is 7.11 Å². The van der Waals surface area contributed by atoms with Crippen molar-refractivity contribution in [2.24, 2.45) is 5.41 Å². The highest BCUT2D eigenvalue weighted by molar-refractivity contribution is 5.71. The van der Waals surface area contributed by atoms with Crippen molar-refractivity contribution >= 4 is 5.97 Å². The minimum absolute atomic E-state index is 0.121. The van der Waals surface area contributed by atoms with Gasteiger partial charge in [0.05, 0.1) is 13.5 Å². The Kier molecular flexibility index (Phi) is 8.21. The molecule has 40 heavy (non-hydrogen) atoms. The largest absolute Gasteiger partial charge is 0.497 e. The highest BCUT2D eigenvalue weighted by Gasteiger charge is 2.38. The summed E-state index contributed by atoms with van der Waals surface area (Å²) in [5, 5.41) is 9.66. The lowest BCUT2D eigenvalue weighted by Crippen LogP contribution is -2.31. The molecule has 5 heteroatoms. The number of methoxy groups -OCH3 is 1. The van der Waals surface area contributed by atoms with Crippen LogP contribution in [0.2, 0.25) is 0 Å². The maximum atomic E-state index is 15.1. The molecule has 5 rings (SSSR count). The van der Waals surface area contributed by atoms with Crippen molar-refractivity contribution in [1.29, 1.82) is 0 Å². The molecule has 0 spiro atoms. The number of halogens is 1. The lowest BCUT2D eigenvalue weighted by atomic mass is 9.67. The second-order valence-electron chi connectivity index (χ2n) is 12.4.